The molecule has 1 saturated carbocycles. The zero-order valence-corrected chi connectivity index (χ0v) is 13.0. The minimum atomic E-state index is -0.598. The number of esters is 1. The van der Waals surface area contributed by atoms with Gasteiger partial charge in [-0.15, -0.1) is 0 Å². The maximum Gasteiger partial charge on any atom is 0.407 e. The Morgan fingerprint density at radius 1 is 1.14 bits per heavy atom. The molecule has 22 heavy (non-hydrogen) atoms. The van der Waals surface area contributed by atoms with Crippen LogP contribution in [0.2, 0.25) is 0 Å². The van der Waals surface area contributed by atoms with Gasteiger partial charge in [-0.3, -0.25) is 4.79 Å². The van der Waals surface area contributed by atoms with Gasteiger partial charge in [-0.25, -0.2) is 4.79 Å². The first-order valence-corrected chi connectivity index (χ1v) is 7.69. The van der Waals surface area contributed by atoms with E-state index in [-0.39, 0.29) is 19.1 Å². The van der Waals surface area contributed by atoms with Gasteiger partial charge in [-0.2, -0.15) is 0 Å². The van der Waals surface area contributed by atoms with Gasteiger partial charge in [0.15, 0.2) is 0 Å². The number of nitrogens with one attached hydrogen (secondary N) is 1. The van der Waals surface area contributed by atoms with E-state index in [4.69, 9.17) is 9.47 Å². The molecule has 1 fully saturated rings. The third kappa shape index (κ3) is 4.23. The van der Waals surface area contributed by atoms with Crippen LogP contribution in [0.1, 0.15) is 37.7 Å². The fraction of sp³-hybridized carbons (Fsp3) is 0.529. The Hall–Kier alpha value is -2.04. The molecule has 0 saturated heterocycles. The number of carbonyl (C=O) groups is 2. The number of methoxy groups -OCH3 is 1. The Kier molecular flexibility index (Phi) is 5.81. The molecule has 5 nitrogen and oxygen atoms in total. The smallest absolute Gasteiger partial charge is 0.407 e. The van der Waals surface area contributed by atoms with Gasteiger partial charge in [0.25, 0.3) is 0 Å². The summed E-state index contributed by atoms with van der Waals surface area (Å²) in [5.41, 5.74) is 0.330. The predicted molar refractivity (Wildman–Crippen MR) is 82.2 cm³/mol. The molecule has 0 atom stereocenters. The first-order chi connectivity index (χ1) is 10.7. The molecule has 0 radical (unpaired) electrons. The number of amides is 1. The van der Waals surface area contributed by atoms with Crippen molar-refractivity contribution in [3.05, 3.63) is 35.9 Å². The van der Waals surface area contributed by atoms with E-state index in [1.165, 1.54) is 7.11 Å². The number of hydrogen-bond acceptors (Lipinski definition) is 4. The summed E-state index contributed by atoms with van der Waals surface area (Å²) in [5.74, 6) is -0.240. The van der Waals surface area contributed by atoms with E-state index >= 15 is 0 Å². The minimum Gasteiger partial charge on any atom is -0.469 e. The molecule has 0 aromatic heterocycles. The van der Waals surface area contributed by atoms with Crippen molar-refractivity contribution in [3.8, 4) is 0 Å². The lowest BCUT2D eigenvalue weighted by Gasteiger charge is -2.34. The van der Waals surface area contributed by atoms with Crippen LogP contribution < -0.4 is 5.32 Å². The maximum atomic E-state index is 12.1. The van der Waals surface area contributed by atoms with Gasteiger partial charge in [-0.1, -0.05) is 49.6 Å². The Morgan fingerprint density at radius 2 is 1.82 bits per heavy atom. The van der Waals surface area contributed by atoms with Gasteiger partial charge in [0, 0.05) is 6.54 Å². The average Bonchev–Trinajstić information content (AvgIpc) is 2.59. The van der Waals surface area contributed by atoms with Crippen molar-refractivity contribution in [3.63, 3.8) is 0 Å². The van der Waals surface area contributed by atoms with E-state index < -0.39 is 11.5 Å². The second kappa shape index (κ2) is 7.82. The number of ether oxygens (including phenoxy) is 2. The van der Waals surface area contributed by atoms with Crippen molar-refractivity contribution >= 4 is 12.1 Å². The molecule has 0 heterocycles. The van der Waals surface area contributed by atoms with Crippen LogP contribution >= 0.6 is 0 Å². The van der Waals surface area contributed by atoms with Crippen LogP contribution in [-0.4, -0.2) is 25.7 Å². The van der Waals surface area contributed by atoms with Crippen LogP contribution in [0, 0.1) is 5.41 Å². The fourth-order valence-electron chi connectivity index (χ4n) is 2.91. The van der Waals surface area contributed by atoms with Crippen molar-refractivity contribution in [2.24, 2.45) is 5.41 Å². The van der Waals surface area contributed by atoms with E-state index in [9.17, 15) is 9.59 Å². The Balaban J connectivity index is 1.84. The van der Waals surface area contributed by atoms with E-state index in [2.05, 4.69) is 5.32 Å². The molecule has 1 amide bonds. The van der Waals surface area contributed by atoms with Crippen molar-refractivity contribution in [1.29, 1.82) is 0 Å². The van der Waals surface area contributed by atoms with E-state index in [0.717, 1.165) is 37.7 Å². The SMILES string of the molecule is COC(=O)C1(CNC(=O)OCc2ccccc2)CCCCC1. The van der Waals surface area contributed by atoms with Gasteiger partial charge >= 0.3 is 12.1 Å². The van der Waals surface area contributed by atoms with Crippen LogP contribution in [0.25, 0.3) is 0 Å². The van der Waals surface area contributed by atoms with E-state index in [0.29, 0.717) is 0 Å². The van der Waals surface area contributed by atoms with Gasteiger partial charge in [-0.05, 0) is 18.4 Å². The lowest BCUT2D eigenvalue weighted by atomic mass is 9.74. The third-order valence-electron chi connectivity index (χ3n) is 4.21. The molecule has 1 aromatic rings. The highest BCUT2D eigenvalue weighted by Gasteiger charge is 2.40. The summed E-state index contributed by atoms with van der Waals surface area (Å²) in [6, 6.07) is 9.48. The summed E-state index contributed by atoms with van der Waals surface area (Å²) >= 11 is 0. The highest BCUT2D eigenvalue weighted by atomic mass is 16.5. The highest BCUT2D eigenvalue weighted by Crippen LogP contribution is 2.36. The molecule has 1 aliphatic rings. The molecule has 120 valence electrons. The summed E-state index contributed by atoms with van der Waals surface area (Å²) < 4.78 is 10.1. The molecule has 1 N–H and O–H groups in total. The number of alkyl carbamates (subject to hydrolysis) is 1. The second-order valence-corrected chi connectivity index (χ2v) is 5.75. The lowest BCUT2D eigenvalue weighted by Crippen LogP contribution is -2.45. The van der Waals surface area contributed by atoms with Crippen LogP contribution in [0.5, 0.6) is 0 Å². The summed E-state index contributed by atoms with van der Waals surface area (Å²) in [7, 11) is 1.40. The predicted octanol–water partition coefficient (Wildman–Crippen LogP) is 3.04. The van der Waals surface area contributed by atoms with Crippen molar-refractivity contribution in [1.82, 2.24) is 5.32 Å². The van der Waals surface area contributed by atoms with Gasteiger partial charge in [0.05, 0.1) is 12.5 Å². The topological polar surface area (TPSA) is 64.6 Å². The highest BCUT2D eigenvalue weighted by molar-refractivity contribution is 5.78. The van der Waals surface area contributed by atoms with Gasteiger partial charge in [0.1, 0.15) is 6.61 Å². The number of carbonyl (C=O) groups excluding carboxylic acids is 2. The quantitative estimate of drug-likeness (QED) is 0.849. The van der Waals surface area contributed by atoms with Crippen LogP contribution in [-0.2, 0) is 20.9 Å². The van der Waals surface area contributed by atoms with Crippen molar-refractivity contribution in [2.45, 2.75) is 38.7 Å². The Labute approximate surface area is 131 Å². The summed E-state index contributed by atoms with van der Waals surface area (Å²) in [5, 5.41) is 2.72. The van der Waals surface area contributed by atoms with Gasteiger partial charge < -0.3 is 14.8 Å². The van der Waals surface area contributed by atoms with Gasteiger partial charge in [0.2, 0.25) is 0 Å². The number of hydrogen-bond donors (Lipinski definition) is 1. The first-order valence-electron chi connectivity index (χ1n) is 7.69. The van der Waals surface area contributed by atoms with Crippen LogP contribution in [0.15, 0.2) is 30.3 Å². The maximum absolute atomic E-state index is 12.1. The molecule has 2 rings (SSSR count). The third-order valence-corrected chi connectivity index (χ3v) is 4.21. The van der Waals surface area contributed by atoms with Crippen molar-refractivity contribution < 1.29 is 19.1 Å². The fourth-order valence-corrected chi connectivity index (χ4v) is 2.91. The monoisotopic (exact) mass is 305 g/mol. The van der Waals surface area contributed by atoms with Crippen LogP contribution in [0.4, 0.5) is 4.79 Å². The molecule has 0 bridgehead atoms. The normalized spacial score (nSPS) is 16.6. The molecule has 0 spiro atoms. The molecule has 0 aliphatic heterocycles. The Morgan fingerprint density at radius 3 is 2.45 bits per heavy atom. The molecule has 1 aliphatic carbocycles. The molecule has 1 aromatic carbocycles. The molecule has 5 heteroatoms. The standard InChI is InChI=1S/C17H23NO4/c1-21-15(19)17(10-6-3-7-11-17)13-18-16(20)22-12-14-8-4-2-5-9-14/h2,4-5,8-9H,3,6-7,10-13H2,1H3,(H,18,20). The minimum absolute atomic E-state index is 0.220. The average molecular weight is 305 g/mol. The largest absolute Gasteiger partial charge is 0.469 e. The second-order valence-electron chi connectivity index (χ2n) is 5.75. The van der Waals surface area contributed by atoms with Crippen LogP contribution in [0.3, 0.4) is 0 Å². The summed E-state index contributed by atoms with van der Waals surface area (Å²) in [6.45, 7) is 0.491. The molecular weight excluding hydrogens is 282 g/mol. The molecule has 0 unspecified atom stereocenters. The summed E-state index contributed by atoms with van der Waals surface area (Å²) in [4.78, 5) is 23.9. The van der Waals surface area contributed by atoms with E-state index in [1.807, 2.05) is 30.3 Å². The first kappa shape index (κ1) is 16.3. The number of benzene rings is 1. The zero-order chi connectivity index (χ0) is 15.8. The summed E-state index contributed by atoms with van der Waals surface area (Å²) in [6.07, 6.45) is 4.08. The molecular formula is C17H23NO4. The zero-order valence-electron chi connectivity index (χ0n) is 13.0. The van der Waals surface area contributed by atoms with Crippen molar-refractivity contribution in [2.75, 3.05) is 13.7 Å². The number of rotatable bonds is 5. The Bertz CT molecular complexity index is 495. The lowest BCUT2D eigenvalue weighted by molar-refractivity contribution is -0.154. The van der Waals surface area contributed by atoms with E-state index in [1.54, 1.807) is 0 Å².